The molecule has 0 bridgehead atoms. The summed E-state index contributed by atoms with van der Waals surface area (Å²) in [7, 11) is 0. The molecule has 0 fully saturated rings. The molecule has 0 radical (unpaired) electrons. The Morgan fingerprint density at radius 3 is 1.73 bits per heavy atom. The smallest absolute Gasteiger partial charge is 0.0720 e. The van der Waals surface area contributed by atoms with E-state index in [1.807, 2.05) is 11.3 Å². The Kier molecular flexibility index (Phi) is 7.72. The van der Waals surface area contributed by atoms with Crippen LogP contribution in [-0.4, -0.2) is 4.57 Å². The monoisotopic (exact) mass is 806 g/mol. The molecular formula is C59H38N2S. The molecule has 2 aromatic heterocycles. The van der Waals surface area contributed by atoms with E-state index in [0.717, 1.165) is 22.7 Å². The molecule has 1 aliphatic carbocycles. The second-order valence-corrected chi connectivity index (χ2v) is 17.5. The standard InChI is InChI=1S/C59H38N2S/c1-4-17-40(18-5-1)59(41-19-6-2-7-20-41)53-37-44(29-33-47(53)51-32-28-39-16-10-11-23-46(39)58(51)59)60(43-31-35-57-52(36-43)50-25-13-15-27-56(50)62-57)45-30-34-49-48-24-12-14-26-54(48)61(55(49)38-45)42-21-8-3-9-22-42/h1-38H. The zero-order valence-corrected chi connectivity index (χ0v) is 34.6. The molecule has 62 heavy (non-hydrogen) atoms. The van der Waals surface area contributed by atoms with Gasteiger partial charge in [0, 0.05) is 53.7 Å². The van der Waals surface area contributed by atoms with E-state index in [0.29, 0.717) is 0 Å². The Morgan fingerprint density at radius 2 is 0.935 bits per heavy atom. The Hall–Kier alpha value is -7.72. The number of nitrogens with zero attached hydrogens (tertiary/aromatic N) is 2. The molecule has 0 saturated carbocycles. The van der Waals surface area contributed by atoms with Gasteiger partial charge in [-0.1, -0.05) is 164 Å². The fourth-order valence-electron chi connectivity index (χ4n) is 10.6. The summed E-state index contributed by atoms with van der Waals surface area (Å²) in [6.07, 6.45) is 0. The Morgan fingerprint density at radius 1 is 0.371 bits per heavy atom. The zero-order chi connectivity index (χ0) is 40.8. The molecule has 2 heterocycles. The highest BCUT2D eigenvalue weighted by Gasteiger charge is 2.47. The van der Waals surface area contributed by atoms with E-state index in [1.54, 1.807) is 0 Å². The predicted molar refractivity (Wildman–Crippen MR) is 263 cm³/mol. The van der Waals surface area contributed by atoms with Crippen LogP contribution >= 0.6 is 11.3 Å². The first kappa shape index (κ1) is 35.1. The van der Waals surface area contributed by atoms with Crippen molar-refractivity contribution in [3.05, 3.63) is 253 Å². The predicted octanol–water partition coefficient (Wildman–Crippen LogP) is 16.1. The molecule has 1 aliphatic rings. The van der Waals surface area contributed by atoms with Gasteiger partial charge in [-0.15, -0.1) is 11.3 Å². The molecule has 12 aromatic rings. The minimum atomic E-state index is -0.576. The summed E-state index contributed by atoms with van der Waals surface area (Å²) in [5, 5.41) is 7.56. The van der Waals surface area contributed by atoms with Crippen molar-refractivity contribution in [2.24, 2.45) is 0 Å². The van der Waals surface area contributed by atoms with Gasteiger partial charge in [0.05, 0.1) is 16.4 Å². The minimum Gasteiger partial charge on any atom is -0.310 e. The van der Waals surface area contributed by atoms with E-state index < -0.39 is 5.41 Å². The van der Waals surface area contributed by atoms with Gasteiger partial charge in [0.2, 0.25) is 0 Å². The average Bonchev–Trinajstić information content (AvgIpc) is 3.98. The van der Waals surface area contributed by atoms with Crippen molar-refractivity contribution in [1.29, 1.82) is 0 Å². The molecule has 0 spiro atoms. The molecule has 0 aliphatic heterocycles. The van der Waals surface area contributed by atoms with Crippen LogP contribution < -0.4 is 4.90 Å². The quantitative estimate of drug-likeness (QED) is 0.162. The van der Waals surface area contributed by atoms with E-state index in [-0.39, 0.29) is 0 Å². The van der Waals surface area contributed by atoms with Crippen LogP contribution in [-0.2, 0) is 5.41 Å². The lowest BCUT2D eigenvalue weighted by atomic mass is 9.66. The molecule has 0 amide bonds. The third-order valence-electron chi connectivity index (χ3n) is 13.2. The average molecular weight is 807 g/mol. The van der Waals surface area contributed by atoms with Crippen LogP contribution in [0.15, 0.2) is 231 Å². The molecule has 0 unspecified atom stereocenters. The van der Waals surface area contributed by atoms with Crippen molar-refractivity contribution in [3.63, 3.8) is 0 Å². The van der Waals surface area contributed by atoms with E-state index in [4.69, 9.17) is 0 Å². The minimum absolute atomic E-state index is 0.576. The Labute approximate surface area is 363 Å². The van der Waals surface area contributed by atoms with E-state index in [1.165, 1.54) is 86.1 Å². The highest BCUT2D eigenvalue weighted by molar-refractivity contribution is 7.25. The molecular weight excluding hydrogens is 769 g/mol. The first-order chi connectivity index (χ1) is 30.8. The molecule has 2 nitrogen and oxygen atoms in total. The molecule has 290 valence electrons. The number of benzene rings is 10. The van der Waals surface area contributed by atoms with E-state index >= 15 is 0 Å². The summed E-state index contributed by atoms with van der Waals surface area (Å²) >= 11 is 1.86. The fourth-order valence-corrected chi connectivity index (χ4v) is 11.7. The first-order valence-corrected chi connectivity index (χ1v) is 22.2. The summed E-state index contributed by atoms with van der Waals surface area (Å²) in [6, 6.07) is 85.5. The zero-order valence-electron chi connectivity index (χ0n) is 33.7. The van der Waals surface area contributed by atoms with Crippen LogP contribution in [0.4, 0.5) is 17.1 Å². The summed E-state index contributed by atoms with van der Waals surface area (Å²) in [5.74, 6) is 0. The highest BCUT2D eigenvalue weighted by Crippen LogP contribution is 2.59. The molecule has 0 saturated heterocycles. The highest BCUT2D eigenvalue weighted by atomic mass is 32.1. The van der Waals surface area contributed by atoms with Crippen molar-refractivity contribution in [2.75, 3.05) is 4.90 Å². The SMILES string of the molecule is c1ccc(-n2c3ccccc3c3ccc(N(c4ccc5c(c4)C(c4ccccc4)(c4ccccc4)c4c-5ccc5ccccc45)c4ccc5sc6ccccc6c5c4)cc32)cc1. The van der Waals surface area contributed by atoms with Crippen LogP contribution in [0, 0.1) is 0 Å². The van der Waals surface area contributed by atoms with Gasteiger partial charge in [0.1, 0.15) is 0 Å². The number of fused-ring (bicyclic) bond motifs is 11. The Bertz CT molecular complexity index is 3660. The summed E-state index contributed by atoms with van der Waals surface area (Å²) in [6.45, 7) is 0. The van der Waals surface area contributed by atoms with Crippen molar-refractivity contribution in [2.45, 2.75) is 5.41 Å². The number of aromatic nitrogens is 1. The van der Waals surface area contributed by atoms with Gasteiger partial charge in [0.15, 0.2) is 0 Å². The number of rotatable bonds is 6. The molecule has 0 atom stereocenters. The maximum atomic E-state index is 2.50. The lowest BCUT2D eigenvalue weighted by Crippen LogP contribution is -2.29. The van der Waals surface area contributed by atoms with Gasteiger partial charge >= 0.3 is 0 Å². The van der Waals surface area contributed by atoms with Crippen LogP contribution in [0.5, 0.6) is 0 Å². The van der Waals surface area contributed by atoms with Crippen LogP contribution in [0.3, 0.4) is 0 Å². The van der Waals surface area contributed by atoms with Gasteiger partial charge in [0.25, 0.3) is 0 Å². The van der Waals surface area contributed by atoms with Crippen LogP contribution in [0.2, 0.25) is 0 Å². The van der Waals surface area contributed by atoms with E-state index in [9.17, 15) is 0 Å². The molecule has 0 N–H and O–H groups in total. The topological polar surface area (TPSA) is 8.17 Å². The Balaban J connectivity index is 1.12. The maximum Gasteiger partial charge on any atom is 0.0720 e. The second kappa shape index (κ2) is 13.7. The second-order valence-electron chi connectivity index (χ2n) is 16.4. The lowest BCUT2D eigenvalue weighted by Gasteiger charge is -2.35. The number of para-hydroxylation sites is 2. The number of hydrogen-bond acceptors (Lipinski definition) is 2. The first-order valence-electron chi connectivity index (χ1n) is 21.3. The van der Waals surface area contributed by atoms with Gasteiger partial charge in [-0.2, -0.15) is 0 Å². The van der Waals surface area contributed by atoms with Crippen LogP contribution in [0.1, 0.15) is 22.3 Å². The third-order valence-corrected chi connectivity index (χ3v) is 14.4. The fraction of sp³-hybridized carbons (Fsp3) is 0.0169. The number of hydrogen-bond donors (Lipinski definition) is 0. The number of anilines is 3. The van der Waals surface area contributed by atoms with Crippen molar-refractivity contribution in [1.82, 2.24) is 4.57 Å². The van der Waals surface area contributed by atoms with E-state index in [2.05, 4.69) is 240 Å². The molecule has 10 aromatic carbocycles. The number of thiophene rings is 1. The van der Waals surface area contributed by atoms with Crippen molar-refractivity contribution >= 4 is 81.1 Å². The largest absolute Gasteiger partial charge is 0.310 e. The maximum absolute atomic E-state index is 2.50. The van der Waals surface area contributed by atoms with Gasteiger partial charge in [-0.25, -0.2) is 0 Å². The van der Waals surface area contributed by atoms with Gasteiger partial charge in [-0.05, 0) is 111 Å². The van der Waals surface area contributed by atoms with Gasteiger partial charge < -0.3 is 9.47 Å². The van der Waals surface area contributed by atoms with Crippen LogP contribution in [0.25, 0.3) is 69.6 Å². The van der Waals surface area contributed by atoms with Gasteiger partial charge in [-0.3, -0.25) is 0 Å². The summed E-state index contributed by atoms with van der Waals surface area (Å²) < 4.78 is 5.01. The van der Waals surface area contributed by atoms with Crippen molar-refractivity contribution < 1.29 is 0 Å². The molecule has 13 rings (SSSR count). The lowest BCUT2D eigenvalue weighted by molar-refractivity contribution is 0.775. The normalized spacial score (nSPS) is 13.0. The molecule has 3 heteroatoms. The third kappa shape index (κ3) is 5.03. The van der Waals surface area contributed by atoms with Crippen molar-refractivity contribution in [3.8, 4) is 16.8 Å². The summed E-state index contributed by atoms with van der Waals surface area (Å²) in [5.41, 5.74) is 13.9. The summed E-state index contributed by atoms with van der Waals surface area (Å²) in [4.78, 5) is 2.49.